The zero-order chi connectivity index (χ0) is 14.5. The summed E-state index contributed by atoms with van der Waals surface area (Å²) in [4.78, 5) is 0. The number of anilines is 1. The Balaban J connectivity index is 2.17. The van der Waals surface area contributed by atoms with Crippen LogP contribution < -0.4 is 10.1 Å². The molecule has 0 aromatic heterocycles. The lowest BCUT2D eigenvalue weighted by atomic mass is 10.00. The molecule has 2 aromatic carbocycles. The van der Waals surface area contributed by atoms with Gasteiger partial charge in [-0.25, -0.2) is 0 Å². The molecule has 0 aliphatic rings. The number of nitrogens with one attached hydrogen (secondary N) is 1. The molecule has 2 rings (SSSR count). The number of methoxy groups -OCH3 is 1. The lowest BCUT2D eigenvalue weighted by molar-refractivity contribution is 0.410. The molecule has 0 saturated carbocycles. The molecule has 2 nitrogen and oxygen atoms in total. The summed E-state index contributed by atoms with van der Waals surface area (Å²) in [5.74, 6) is 1.47. The monoisotopic (exact) mass is 269 g/mol. The lowest BCUT2D eigenvalue weighted by Crippen LogP contribution is -2.03. The van der Waals surface area contributed by atoms with E-state index >= 15 is 0 Å². The van der Waals surface area contributed by atoms with Crippen molar-refractivity contribution < 1.29 is 4.74 Å². The minimum absolute atomic E-state index is 0.527. The molecule has 0 radical (unpaired) electrons. The predicted molar refractivity (Wildman–Crippen MR) is 85.6 cm³/mol. The summed E-state index contributed by atoms with van der Waals surface area (Å²) in [7, 11) is 1.72. The second-order valence-electron chi connectivity index (χ2n) is 5.45. The average molecular weight is 269 g/mol. The van der Waals surface area contributed by atoms with Gasteiger partial charge in [-0.1, -0.05) is 38.1 Å². The molecule has 2 aromatic rings. The molecule has 0 atom stereocenters. The maximum atomic E-state index is 5.45. The fraction of sp³-hybridized carbons (Fsp3) is 0.333. The Morgan fingerprint density at radius 3 is 2.55 bits per heavy atom. The minimum Gasteiger partial charge on any atom is -0.496 e. The summed E-state index contributed by atoms with van der Waals surface area (Å²) in [6.45, 7) is 7.29. The van der Waals surface area contributed by atoms with Gasteiger partial charge in [-0.3, -0.25) is 0 Å². The van der Waals surface area contributed by atoms with E-state index in [4.69, 9.17) is 4.74 Å². The fourth-order valence-electron chi connectivity index (χ4n) is 2.25. The van der Waals surface area contributed by atoms with Crippen LogP contribution in [0.15, 0.2) is 42.5 Å². The van der Waals surface area contributed by atoms with Crippen LogP contribution in [0.25, 0.3) is 0 Å². The Morgan fingerprint density at radius 2 is 1.90 bits per heavy atom. The van der Waals surface area contributed by atoms with Crippen molar-refractivity contribution >= 4 is 5.69 Å². The van der Waals surface area contributed by atoms with Crippen LogP contribution in [0.4, 0.5) is 5.69 Å². The topological polar surface area (TPSA) is 21.3 Å². The quantitative estimate of drug-likeness (QED) is 0.846. The molecule has 20 heavy (non-hydrogen) atoms. The van der Waals surface area contributed by atoms with Gasteiger partial charge in [-0.2, -0.15) is 0 Å². The summed E-state index contributed by atoms with van der Waals surface area (Å²) in [6.07, 6.45) is 0. The van der Waals surface area contributed by atoms with Crippen molar-refractivity contribution in [3.63, 3.8) is 0 Å². The van der Waals surface area contributed by atoms with Gasteiger partial charge < -0.3 is 10.1 Å². The van der Waals surface area contributed by atoms with Crippen molar-refractivity contribution in [3.8, 4) is 5.75 Å². The first-order chi connectivity index (χ1) is 9.60. The summed E-state index contributed by atoms with van der Waals surface area (Å²) in [5.41, 5.74) is 4.94. The van der Waals surface area contributed by atoms with Gasteiger partial charge in [0.25, 0.3) is 0 Å². The van der Waals surface area contributed by atoms with Crippen LogP contribution in [0, 0.1) is 6.92 Å². The molecule has 0 aliphatic heterocycles. The fourth-order valence-corrected chi connectivity index (χ4v) is 2.25. The first-order valence-electron chi connectivity index (χ1n) is 7.07. The highest BCUT2D eigenvalue weighted by Gasteiger charge is 2.07. The first-order valence-corrected chi connectivity index (χ1v) is 7.07. The van der Waals surface area contributed by atoms with E-state index in [0.29, 0.717) is 5.92 Å². The molecule has 1 N–H and O–H groups in total. The van der Waals surface area contributed by atoms with E-state index in [1.54, 1.807) is 7.11 Å². The molecule has 0 fully saturated rings. The molecule has 0 aliphatic carbocycles. The van der Waals surface area contributed by atoms with Crippen LogP contribution in [-0.2, 0) is 6.54 Å². The normalized spacial score (nSPS) is 10.7. The van der Waals surface area contributed by atoms with Gasteiger partial charge in [0.15, 0.2) is 0 Å². The van der Waals surface area contributed by atoms with E-state index in [1.807, 2.05) is 0 Å². The molecular weight excluding hydrogens is 246 g/mol. The Kier molecular flexibility index (Phi) is 4.67. The third kappa shape index (κ3) is 3.53. The first kappa shape index (κ1) is 14.4. The molecule has 0 amide bonds. The van der Waals surface area contributed by atoms with Gasteiger partial charge in [0.05, 0.1) is 7.11 Å². The van der Waals surface area contributed by atoms with E-state index in [9.17, 15) is 0 Å². The molecule has 0 spiro atoms. The highest BCUT2D eigenvalue weighted by atomic mass is 16.5. The van der Waals surface area contributed by atoms with Crippen LogP contribution >= 0.6 is 0 Å². The lowest BCUT2D eigenvalue weighted by Gasteiger charge is -2.14. The van der Waals surface area contributed by atoms with Crippen molar-refractivity contribution in [2.45, 2.75) is 33.2 Å². The van der Waals surface area contributed by atoms with E-state index in [0.717, 1.165) is 18.0 Å². The Hall–Kier alpha value is -1.96. The van der Waals surface area contributed by atoms with Crippen molar-refractivity contribution in [1.82, 2.24) is 0 Å². The Morgan fingerprint density at radius 1 is 1.10 bits per heavy atom. The van der Waals surface area contributed by atoms with Gasteiger partial charge >= 0.3 is 0 Å². The zero-order valence-electron chi connectivity index (χ0n) is 12.7. The molecule has 0 heterocycles. The van der Waals surface area contributed by atoms with Crippen LogP contribution in [-0.4, -0.2) is 7.11 Å². The Bertz CT molecular complexity index is 575. The van der Waals surface area contributed by atoms with Crippen molar-refractivity contribution in [2.75, 3.05) is 12.4 Å². The number of rotatable bonds is 5. The van der Waals surface area contributed by atoms with Crippen LogP contribution in [0.2, 0.25) is 0 Å². The van der Waals surface area contributed by atoms with E-state index in [2.05, 4.69) is 68.6 Å². The van der Waals surface area contributed by atoms with Crippen molar-refractivity contribution in [2.24, 2.45) is 0 Å². The maximum absolute atomic E-state index is 5.45. The van der Waals surface area contributed by atoms with Gasteiger partial charge in [0, 0.05) is 17.8 Å². The number of ether oxygens (including phenoxy) is 1. The third-order valence-corrected chi connectivity index (χ3v) is 3.47. The number of hydrogen-bond acceptors (Lipinski definition) is 2. The predicted octanol–water partition coefficient (Wildman–Crippen LogP) is 4.74. The van der Waals surface area contributed by atoms with Gasteiger partial charge in [-0.15, -0.1) is 0 Å². The molecular formula is C18H23NO. The number of hydrogen-bond donors (Lipinski definition) is 1. The molecule has 0 unspecified atom stereocenters. The van der Waals surface area contributed by atoms with Gasteiger partial charge in [0.1, 0.15) is 5.75 Å². The summed E-state index contributed by atoms with van der Waals surface area (Å²) in [5, 5.41) is 3.46. The van der Waals surface area contributed by atoms with Crippen LogP contribution in [0.3, 0.4) is 0 Å². The Labute approximate surface area is 121 Å². The second kappa shape index (κ2) is 6.47. The third-order valence-electron chi connectivity index (χ3n) is 3.47. The summed E-state index contributed by atoms with van der Waals surface area (Å²) < 4.78 is 5.45. The highest BCUT2D eigenvalue weighted by Crippen LogP contribution is 2.25. The van der Waals surface area contributed by atoms with Crippen LogP contribution in [0.5, 0.6) is 5.75 Å². The number of benzene rings is 2. The van der Waals surface area contributed by atoms with Gasteiger partial charge in [0.2, 0.25) is 0 Å². The zero-order valence-corrected chi connectivity index (χ0v) is 12.7. The smallest absolute Gasteiger partial charge is 0.123 e. The summed E-state index contributed by atoms with van der Waals surface area (Å²) in [6, 6.07) is 14.8. The van der Waals surface area contributed by atoms with Crippen LogP contribution in [0.1, 0.15) is 36.5 Å². The molecule has 0 bridgehead atoms. The highest BCUT2D eigenvalue weighted by molar-refractivity contribution is 5.48. The largest absolute Gasteiger partial charge is 0.496 e. The summed E-state index contributed by atoms with van der Waals surface area (Å²) >= 11 is 0. The molecule has 106 valence electrons. The average Bonchev–Trinajstić information content (AvgIpc) is 2.44. The van der Waals surface area contributed by atoms with E-state index < -0.39 is 0 Å². The molecule has 0 saturated heterocycles. The SMILES string of the molecule is COc1ccc(C(C)C)cc1CNc1cccc(C)c1. The minimum atomic E-state index is 0.527. The molecule has 2 heteroatoms. The number of aryl methyl sites for hydroxylation is 1. The van der Waals surface area contributed by atoms with E-state index in [-0.39, 0.29) is 0 Å². The second-order valence-corrected chi connectivity index (χ2v) is 5.45. The van der Waals surface area contributed by atoms with Crippen molar-refractivity contribution in [3.05, 3.63) is 59.2 Å². The van der Waals surface area contributed by atoms with E-state index in [1.165, 1.54) is 16.7 Å². The van der Waals surface area contributed by atoms with Crippen molar-refractivity contribution in [1.29, 1.82) is 0 Å². The van der Waals surface area contributed by atoms with Gasteiger partial charge in [-0.05, 0) is 42.2 Å². The maximum Gasteiger partial charge on any atom is 0.123 e. The standard InChI is InChI=1S/C18H23NO/c1-13(2)15-8-9-18(20-4)16(11-15)12-19-17-7-5-6-14(3)10-17/h5-11,13,19H,12H2,1-4H3.